The number of benzene rings is 1. The van der Waals surface area contributed by atoms with Gasteiger partial charge < -0.3 is 15.2 Å². The van der Waals surface area contributed by atoms with E-state index in [0.29, 0.717) is 10.8 Å². The molecular weight excluding hydrogens is 324 g/mol. The maximum Gasteiger partial charge on any atom is 0.188 e. The molecule has 22 heavy (non-hydrogen) atoms. The largest absolute Gasteiger partial charge is 0.467 e. The van der Waals surface area contributed by atoms with Crippen molar-refractivity contribution in [3.63, 3.8) is 0 Å². The highest BCUT2D eigenvalue weighted by Gasteiger charge is 2.25. The summed E-state index contributed by atoms with van der Waals surface area (Å²) in [4.78, 5) is 0. The number of aryl methyl sites for hydroxylation is 1. The fourth-order valence-corrected chi connectivity index (χ4v) is 2.74. The molecule has 0 saturated heterocycles. The van der Waals surface area contributed by atoms with E-state index in [9.17, 15) is 4.21 Å². The molecule has 0 aliphatic heterocycles. The van der Waals surface area contributed by atoms with Crippen LogP contribution in [0.3, 0.4) is 0 Å². The Balaban J connectivity index is 3.14. The van der Waals surface area contributed by atoms with Gasteiger partial charge in [0.1, 0.15) is 5.75 Å². The molecule has 0 heterocycles. The highest BCUT2D eigenvalue weighted by atomic mass is 35.5. The average molecular weight is 349 g/mol. The molecule has 1 unspecified atom stereocenters. The third-order valence-corrected chi connectivity index (χ3v) is 5.06. The molecule has 3 N–H and O–H groups in total. The molecule has 0 amide bonds. The van der Waals surface area contributed by atoms with Crippen LogP contribution in [-0.4, -0.2) is 29.4 Å². The minimum Gasteiger partial charge on any atom is -0.467 e. The summed E-state index contributed by atoms with van der Waals surface area (Å²) in [7, 11) is 0.298. The number of rotatable bonds is 7. The van der Waals surface area contributed by atoms with Crippen LogP contribution < -0.4 is 15.2 Å². The zero-order valence-electron chi connectivity index (χ0n) is 13.7. The van der Waals surface area contributed by atoms with Crippen molar-refractivity contribution in [3.05, 3.63) is 28.3 Å². The Morgan fingerprint density at radius 1 is 1.41 bits per heavy atom. The number of hydrogen-bond acceptors (Lipinski definition) is 4. The fraction of sp³-hybridized carbons (Fsp3) is 0.600. The Kier molecular flexibility index (Phi) is 7.28. The van der Waals surface area contributed by atoms with Gasteiger partial charge in [0.15, 0.2) is 6.79 Å². The first-order valence-electron chi connectivity index (χ1n) is 7.00. The summed E-state index contributed by atoms with van der Waals surface area (Å²) < 4.78 is 25.5. The molecule has 5 nitrogen and oxygen atoms in total. The molecule has 2 atom stereocenters. The quantitative estimate of drug-likeness (QED) is 0.743. The van der Waals surface area contributed by atoms with Crippen LogP contribution in [0.1, 0.15) is 37.9 Å². The Hall–Kier alpha value is -0.660. The van der Waals surface area contributed by atoms with Crippen molar-refractivity contribution in [3.8, 4) is 5.75 Å². The molecule has 0 aliphatic carbocycles. The summed E-state index contributed by atoms with van der Waals surface area (Å²) in [6.07, 6.45) is 0. The van der Waals surface area contributed by atoms with Crippen LogP contribution in [0.2, 0.25) is 5.02 Å². The maximum absolute atomic E-state index is 12.3. The van der Waals surface area contributed by atoms with E-state index >= 15 is 0 Å². The van der Waals surface area contributed by atoms with E-state index in [2.05, 4.69) is 4.72 Å². The van der Waals surface area contributed by atoms with Crippen molar-refractivity contribution in [1.29, 1.82) is 0 Å². The lowest BCUT2D eigenvalue weighted by molar-refractivity contribution is 0.0501. The molecule has 0 bridgehead atoms. The first-order chi connectivity index (χ1) is 10.2. The Labute approximate surface area is 140 Å². The summed E-state index contributed by atoms with van der Waals surface area (Å²) >= 11 is 6.22. The first-order valence-corrected chi connectivity index (χ1v) is 8.53. The molecule has 1 aromatic carbocycles. The molecule has 0 fully saturated rings. The molecular formula is C15H25ClN2O3S. The van der Waals surface area contributed by atoms with Gasteiger partial charge >= 0.3 is 0 Å². The number of nitrogens with one attached hydrogen (secondary N) is 1. The van der Waals surface area contributed by atoms with Gasteiger partial charge in [-0.05, 0) is 45.4 Å². The van der Waals surface area contributed by atoms with E-state index in [1.807, 2.05) is 33.8 Å². The molecule has 0 spiro atoms. The van der Waals surface area contributed by atoms with Crippen molar-refractivity contribution in [1.82, 2.24) is 4.72 Å². The lowest BCUT2D eigenvalue weighted by Crippen LogP contribution is -2.38. The number of methoxy groups -OCH3 is 1. The van der Waals surface area contributed by atoms with Crippen molar-refractivity contribution in [2.45, 2.75) is 38.5 Å². The molecule has 0 aromatic heterocycles. The number of hydrogen-bond donors (Lipinski definition) is 2. The predicted molar refractivity (Wildman–Crippen MR) is 91.5 cm³/mol. The van der Waals surface area contributed by atoms with Crippen LogP contribution in [-0.2, 0) is 15.7 Å². The summed E-state index contributed by atoms with van der Waals surface area (Å²) in [6, 6.07) is 3.30. The normalized spacial score (nSPS) is 14.7. The highest BCUT2D eigenvalue weighted by Crippen LogP contribution is 2.31. The van der Waals surface area contributed by atoms with Gasteiger partial charge in [-0.1, -0.05) is 11.6 Å². The van der Waals surface area contributed by atoms with Gasteiger partial charge in [0.2, 0.25) is 0 Å². The van der Waals surface area contributed by atoms with Gasteiger partial charge in [-0.15, -0.1) is 0 Å². The molecule has 126 valence electrons. The summed E-state index contributed by atoms with van der Waals surface area (Å²) in [5.74, 6) is 0.623. The number of ether oxygens (including phenoxy) is 2. The topological polar surface area (TPSA) is 73.6 Å². The molecule has 1 aromatic rings. The maximum atomic E-state index is 12.3. The van der Waals surface area contributed by atoms with Crippen LogP contribution in [0.5, 0.6) is 5.75 Å². The highest BCUT2D eigenvalue weighted by molar-refractivity contribution is 7.84. The van der Waals surface area contributed by atoms with Crippen molar-refractivity contribution >= 4 is 22.6 Å². The van der Waals surface area contributed by atoms with Crippen molar-refractivity contribution < 1.29 is 13.7 Å². The summed E-state index contributed by atoms with van der Waals surface area (Å²) in [6.45, 7) is 7.97. The van der Waals surface area contributed by atoms with E-state index in [1.165, 1.54) is 0 Å². The lowest BCUT2D eigenvalue weighted by atomic mass is 10.0. The summed E-state index contributed by atoms with van der Waals surface area (Å²) in [5, 5.41) is 0.613. The van der Waals surface area contributed by atoms with Crippen LogP contribution in [0.25, 0.3) is 0 Å². The van der Waals surface area contributed by atoms with Gasteiger partial charge in [0.25, 0.3) is 0 Å². The second-order valence-electron chi connectivity index (χ2n) is 5.98. The molecule has 1 rings (SSSR count). The standard InChI is InChI=1S/C15H25ClN2O3S/c1-10-6-14(21-9-20-5)11(7-12(10)16)13(8-17)18-22(19)15(2,3)4/h6-7,13,18H,8-9,17H2,1-5H3/t13-,22?/m1/s1. The second kappa shape index (κ2) is 8.26. The number of nitrogens with two attached hydrogens (primary N) is 1. The monoisotopic (exact) mass is 348 g/mol. The van der Waals surface area contributed by atoms with E-state index in [1.54, 1.807) is 13.2 Å². The molecule has 0 aliphatic rings. The van der Waals surface area contributed by atoms with Gasteiger partial charge in [-0.25, -0.2) is 8.93 Å². The molecule has 0 radical (unpaired) electrons. The first kappa shape index (κ1) is 19.4. The van der Waals surface area contributed by atoms with Gasteiger partial charge in [0, 0.05) is 24.2 Å². The van der Waals surface area contributed by atoms with Crippen LogP contribution >= 0.6 is 11.6 Å². The minimum atomic E-state index is -1.25. The van der Waals surface area contributed by atoms with Crippen LogP contribution in [0.15, 0.2) is 12.1 Å². The van der Waals surface area contributed by atoms with E-state index in [4.69, 9.17) is 26.8 Å². The molecule has 0 saturated carbocycles. The number of halogens is 1. The third-order valence-electron chi connectivity index (χ3n) is 3.04. The third kappa shape index (κ3) is 5.21. The molecule has 7 heteroatoms. The second-order valence-corrected chi connectivity index (χ2v) is 8.38. The van der Waals surface area contributed by atoms with Crippen LogP contribution in [0.4, 0.5) is 0 Å². The van der Waals surface area contributed by atoms with E-state index in [-0.39, 0.29) is 19.4 Å². The summed E-state index contributed by atoms with van der Waals surface area (Å²) in [5.41, 5.74) is 7.52. The van der Waals surface area contributed by atoms with Crippen molar-refractivity contribution in [2.75, 3.05) is 20.4 Å². The smallest absolute Gasteiger partial charge is 0.188 e. The van der Waals surface area contributed by atoms with Gasteiger partial charge in [-0.2, -0.15) is 0 Å². The van der Waals surface area contributed by atoms with Crippen LogP contribution in [0, 0.1) is 6.92 Å². The van der Waals surface area contributed by atoms with Gasteiger partial charge in [0.05, 0.1) is 21.8 Å². The zero-order valence-corrected chi connectivity index (χ0v) is 15.3. The van der Waals surface area contributed by atoms with E-state index < -0.39 is 15.7 Å². The Morgan fingerprint density at radius 2 is 2.05 bits per heavy atom. The minimum absolute atomic E-state index is 0.119. The van der Waals surface area contributed by atoms with E-state index in [0.717, 1.165) is 11.1 Å². The van der Waals surface area contributed by atoms with Crippen molar-refractivity contribution in [2.24, 2.45) is 5.73 Å². The SMILES string of the molecule is COCOc1cc(C)c(Cl)cc1[C@@H](CN)NS(=O)C(C)(C)C. The fourth-order valence-electron chi connectivity index (χ4n) is 1.73. The average Bonchev–Trinajstić information content (AvgIpc) is 2.44. The predicted octanol–water partition coefficient (Wildman–Crippen LogP) is 2.68. The lowest BCUT2D eigenvalue weighted by Gasteiger charge is -2.25. The zero-order chi connectivity index (χ0) is 16.9. The Morgan fingerprint density at radius 3 is 2.55 bits per heavy atom. The Bertz CT molecular complexity index is 532. The van der Waals surface area contributed by atoms with Gasteiger partial charge in [-0.3, -0.25) is 0 Å².